The summed E-state index contributed by atoms with van der Waals surface area (Å²) in [5.74, 6) is -0.459. The summed E-state index contributed by atoms with van der Waals surface area (Å²) in [7, 11) is 0. The molecule has 27 heavy (non-hydrogen) atoms. The Kier molecular flexibility index (Phi) is 4.46. The maximum atomic E-state index is 12.9. The monoisotopic (exact) mass is 379 g/mol. The van der Waals surface area contributed by atoms with Gasteiger partial charge in [-0.25, -0.2) is 0 Å². The van der Waals surface area contributed by atoms with E-state index in [1.807, 2.05) is 30.3 Å². The summed E-state index contributed by atoms with van der Waals surface area (Å²) in [6, 6.07) is 14.2. The predicted octanol–water partition coefficient (Wildman–Crippen LogP) is 3.70. The van der Waals surface area contributed by atoms with Gasteiger partial charge in [-0.1, -0.05) is 35.9 Å². The first-order chi connectivity index (χ1) is 13.1. The highest BCUT2D eigenvalue weighted by molar-refractivity contribution is 6.31. The number of hydrogen-bond acceptors (Lipinski definition) is 2. The van der Waals surface area contributed by atoms with Gasteiger partial charge in [0.05, 0.1) is 0 Å². The lowest BCUT2D eigenvalue weighted by Gasteiger charge is -2.33. The molecule has 2 aromatic carbocycles. The van der Waals surface area contributed by atoms with Gasteiger partial charge < -0.3 is 15.2 Å². The average molecular weight is 380 g/mol. The third kappa shape index (κ3) is 3.22. The zero-order valence-corrected chi connectivity index (χ0v) is 15.3. The number of carbonyl (C=O) groups is 2. The summed E-state index contributed by atoms with van der Waals surface area (Å²) in [5, 5.41) is 4.31. The molecule has 0 radical (unpaired) electrons. The van der Waals surface area contributed by atoms with E-state index in [0.29, 0.717) is 23.7 Å². The Morgan fingerprint density at radius 3 is 2.93 bits per heavy atom. The molecule has 1 atom stereocenters. The highest BCUT2D eigenvalue weighted by Gasteiger charge is 2.33. The second-order valence-corrected chi connectivity index (χ2v) is 6.95. The van der Waals surface area contributed by atoms with E-state index in [1.165, 1.54) is 0 Å². The number of benzene rings is 2. The van der Waals surface area contributed by atoms with Gasteiger partial charge in [0.25, 0.3) is 5.91 Å². The van der Waals surface area contributed by atoms with Crippen LogP contribution in [0.4, 0.5) is 5.69 Å². The lowest BCUT2D eigenvalue weighted by molar-refractivity contribution is -0.120. The second kappa shape index (κ2) is 6.93. The first kappa shape index (κ1) is 17.4. The molecule has 1 aliphatic heterocycles. The molecule has 6 heteroatoms. The molecule has 0 fully saturated rings. The average Bonchev–Trinajstić information content (AvgIpc) is 3.08. The molecule has 136 valence electrons. The maximum Gasteiger partial charge on any atom is 0.268 e. The molecule has 1 aromatic heterocycles. The topological polar surface area (TPSA) is 65.2 Å². The van der Waals surface area contributed by atoms with E-state index >= 15 is 0 Å². The fourth-order valence-electron chi connectivity index (χ4n) is 3.45. The first-order valence-corrected chi connectivity index (χ1v) is 9.04. The number of anilines is 1. The standard InChI is InChI=1S/C21H18ClN3O2/c1-2-9-25-19-6-4-3-5-13(19)11-18(21(25)27)24-20(26)17-12-14-10-15(22)7-8-16(14)23-17/h2-8,10,12,18,23H,1,9,11H2,(H,24,26)/t18-/m0/s1. The lowest BCUT2D eigenvalue weighted by Crippen LogP contribution is -2.53. The molecular formula is C21H18ClN3O2. The third-order valence-electron chi connectivity index (χ3n) is 4.71. The summed E-state index contributed by atoms with van der Waals surface area (Å²) in [4.78, 5) is 30.3. The molecule has 4 rings (SSSR count). The minimum atomic E-state index is -0.623. The number of hydrogen-bond donors (Lipinski definition) is 2. The third-order valence-corrected chi connectivity index (χ3v) is 4.95. The Balaban J connectivity index is 1.60. The minimum Gasteiger partial charge on any atom is -0.351 e. The molecule has 2 heterocycles. The summed E-state index contributed by atoms with van der Waals surface area (Å²) < 4.78 is 0. The van der Waals surface area contributed by atoms with Crippen LogP contribution in [-0.4, -0.2) is 29.4 Å². The highest BCUT2D eigenvalue weighted by Crippen LogP contribution is 2.28. The van der Waals surface area contributed by atoms with Crippen molar-refractivity contribution < 1.29 is 9.59 Å². The molecule has 0 spiro atoms. The van der Waals surface area contributed by atoms with E-state index in [0.717, 1.165) is 22.2 Å². The normalized spacial score (nSPS) is 16.3. The van der Waals surface area contributed by atoms with Crippen LogP contribution in [0.3, 0.4) is 0 Å². The van der Waals surface area contributed by atoms with E-state index < -0.39 is 6.04 Å². The number of nitrogens with zero attached hydrogens (tertiary/aromatic N) is 1. The van der Waals surface area contributed by atoms with Crippen LogP contribution in [0, 0.1) is 0 Å². The van der Waals surface area contributed by atoms with Crippen molar-refractivity contribution >= 4 is 40.0 Å². The molecule has 3 aromatic rings. The Morgan fingerprint density at radius 2 is 2.11 bits per heavy atom. The van der Waals surface area contributed by atoms with Crippen LogP contribution in [0.5, 0.6) is 0 Å². The lowest BCUT2D eigenvalue weighted by atomic mass is 9.97. The molecule has 1 aliphatic rings. The number of amides is 2. The van der Waals surface area contributed by atoms with Crippen molar-refractivity contribution in [1.29, 1.82) is 0 Å². The van der Waals surface area contributed by atoms with Crippen molar-refractivity contribution in [2.45, 2.75) is 12.5 Å². The molecule has 0 saturated carbocycles. The van der Waals surface area contributed by atoms with Crippen molar-refractivity contribution in [2.75, 3.05) is 11.4 Å². The molecule has 5 nitrogen and oxygen atoms in total. The van der Waals surface area contributed by atoms with E-state index in [9.17, 15) is 9.59 Å². The fraction of sp³-hybridized carbons (Fsp3) is 0.143. The van der Waals surface area contributed by atoms with Gasteiger partial charge in [0, 0.05) is 34.6 Å². The van der Waals surface area contributed by atoms with E-state index in [2.05, 4.69) is 16.9 Å². The largest absolute Gasteiger partial charge is 0.351 e. The van der Waals surface area contributed by atoms with E-state index in [1.54, 1.807) is 29.2 Å². The highest BCUT2D eigenvalue weighted by atomic mass is 35.5. The Hall–Kier alpha value is -3.05. The maximum absolute atomic E-state index is 12.9. The van der Waals surface area contributed by atoms with Gasteiger partial charge in [-0.2, -0.15) is 0 Å². The number of halogens is 1. The number of rotatable bonds is 4. The number of nitrogens with one attached hydrogen (secondary N) is 2. The first-order valence-electron chi connectivity index (χ1n) is 8.66. The molecule has 2 N–H and O–H groups in total. The van der Waals surface area contributed by atoms with Crippen LogP contribution in [0.25, 0.3) is 10.9 Å². The number of aromatic amines is 1. The van der Waals surface area contributed by atoms with Crippen molar-refractivity contribution in [3.05, 3.63) is 77.5 Å². The van der Waals surface area contributed by atoms with Crippen molar-refractivity contribution in [3.8, 4) is 0 Å². The van der Waals surface area contributed by atoms with Gasteiger partial charge in [0.15, 0.2) is 0 Å². The van der Waals surface area contributed by atoms with E-state index in [-0.39, 0.29) is 11.8 Å². The smallest absolute Gasteiger partial charge is 0.268 e. The number of aromatic nitrogens is 1. The van der Waals surface area contributed by atoms with Crippen LogP contribution >= 0.6 is 11.6 Å². The van der Waals surface area contributed by atoms with Gasteiger partial charge in [-0.05, 0) is 35.9 Å². The predicted molar refractivity (Wildman–Crippen MR) is 107 cm³/mol. The van der Waals surface area contributed by atoms with Crippen molar-refractivity contribution in [3.63, 3.8) is 0 Å². The fourth-order valence-corrected chi connectivity index (χ4v) is 3.63. The Morgan fingerprint density at radius 1 is 1.30 bits per heavy atom. The number of para-hydroxylation sites is 1. The van der Waals surface area contributed by atoms with Crippen LogP contribution in [0.2, 0.25) is 5.02 Å². The summed E-state index contributed by atoms with van der Waals surface area (Å²) in [6.45, 7) is 4.13. The van der Waals surface area contributed by atoms with E-state index in [4.69, 9.17) is 11.6 Å². The molecule has 0 aliphatic carbocycles. The number of fused-ring (bicyclic) bond motifs is 2. The zero-order chi connectivity index (χ0) is 19.0. The van der Waals surface area contributed by atoms with Gasteiger partial charge >= 0.3 is 0 Å². The molecule has 0 unspecified atom stereocenters. The molecule has 0 saturated heterocycles. The molecular weight excluding hydrogens is 362 g/mol. The SMILES string of the molecule is C=CCN1C(=O)[C@@H](NC(=O)c2cc3cc(Cl)ccc3[nH]2)Cc2ccccc21. The van der Waals surface area contributed by atoms with Gasteiger partial charge in [-0.3, -0.25) is 9.59 Å². The minimum absolute atomic E-state index is 0.138. The molecule has 0 bridgehead atoms. The van der Waals surface area contributed by atoms with Gasteiger partial charge in [0.1, 0.15) is 11.7 Å². The number of carbonyl (C=O) groups excluding carboxylic acids is 2. The Bertz CT molecular complexity index is 1060. The number of H-pyrrole nitrogens is 1. The van der Waals surface area contributed by atoms with Crippen LogP contribution in [-0.2, 0) is 11.2 Å². The van der Waals surface area contributed by atoms with Crippen molar-refractivity contribution in [2.24, 2.45) is 0 Å². The summed E-state index contributed by atoms with van der Waals surface area (Å²) in [5.41, 5.74) is 3.10. The summed E-state index contributed by atoms with van der Waals surface area (Å²) >= 11 is 6.00. The quantitative estimate of drug-likeness (QED) is 0.679. The van der Waals surface area contributed by atoms with Crippen molar-refractivity contribution in [1.82, 2.24) is 10.3 Å². The van der Waals surface area contributed by atoms with Gasteiger partial charge in [0.2, 0.25) is 5.91 Å². The van der Waals surface area contributed by atoms with Crippen LogP contribution in [0.15, 0.2) is 61.2 Å². The van der Waals surface area contributed by atoms with Gasteiger partial charge in [-0.15, -0.1) is 6.58 Å². The zero-order valence-electron chi connectivity index (χ0n) is 14.5. The van der Waals surface area contributed by atoms with Crippen LogP contribution in [0.1, 0.15) is 16.1 Å². The molecule has 2 amide bonds. The summed E-state index contributed by atoms with van der Waals surface area (Å²) in [6.07, 6.45) is 2.14. The Labute approximate surface area is 161 Å². The van der Waals surface area contributed by atoms with Crippen LogP contribution < -0.4 is 10.2 Å². The second-order valence-electron chi connectivity index (χ2n) is 6.51.